The van der Waals surface area contributed by atoms with Crippen LogP contribution >= 0.6 is 0 Å². The summed E-state index contributed by atoms with van der Waals surface area (Å²) in [6, 6.07) is 16.6. The Morgan fingerprint density at radius 1 is 1.14 bits per heavy atom. The van der Waals surface area contributed by atoms with Crippen molar-refractivity contribution in [2.45, 2.75) is 44.9 Å². The third-order valence-electron chi connectivity index (χ3n) is 4.55. The van der Waals surface area contributed by atoms with Gasteiger partial charge in [0.15, 0.2) is 0 Å². The van der Waals surface area contributed by atoms with E-state index in [-0.39, 0.29) is 5.91 Å². The van der Waals surface area contributed by atoms with Gasteiger partial charge in [-0.1, -0.05) is 56.3 Å². The first kappa shape index (κ1) is 14.8. The number of carbonyl (C=O) groups is 1. The maximum Gasteiger partial charge on any atom is 0.224 e. The lowest BCUT2D eigenvalue weighted by molar-refractivity contribution is -0.116. The van der Waals surface area contributed by atoms with Crippen molar-refractivity contribution in [1.82, 2.24) is 0 Å². The highest BCUT2D eigenvalue weighted by Crippen LogP contribution is 2.35. The molecule has 0 saturated carbocycles. The maximum absolute atomic E-state index is 12.4. The van der Waals surface area contributed by atoms with Crippen LogP contribution in [-0.2, 0) is 11.2 Å². The zero-order valence-corrected chi connectivity index (χ0v) is 13.3. The summed E-state index contributed by atoms with van der Waals surface area (Å²) in [5.41, 5.74) is 4.91. The molecule has 1 aliphatic carbocycles. The van der Waals surface area contributed by atoms with Crippen LogP contribution in [0, 0.1) is 0 Å². The Bertz CT molecular complexity index is 675. The molecule has 114 valence electrons. The number of amides is 1. The van der Waals surface area contributed by atoms with Gasteiger partial charge in [-0.25, -0.2) is 0 Å². The van der Waals surface area contributed by atoms with Crippen LogP contribution in [0.25, 0.3) is 0 Å². The quantitative estimate of drug-likeness (QED) is 0.856. The summed E-state index contributed by atoms with van der Waals surface area (Å²) in [5, 5.41) is 3.11. The number of benzene rings is 2. The van der Waals surface area contributed by atoms with Gasteiger partial charge in [-0.2, -0.15) is 0 Å². The highest BCUT2D eigenvalue weighted by atomic mass is 16.1. The highest BCUT2D eigenvalue weighted by Gasteiger charge is 2.24. The van der Waals surface area contributed by atoms with Crippen LogP contribution in [-0.4, -0.2) is 5.91 Å². The third-order valence-corrected chi connectivity index (χ3v) is 4.55. The van der Waals surface area contributed by atoms with Crippen molar-refractivity contribution in [1.29, 1.82) is 0 Å². The SMILES string of the molecule is CC(C)c1ccccc1NC(=O)CC1CCc2ccccc21. The summed E-state index contributed by atoms with van der Waals surface area (Å²) in [6.07, 6.45) is 2.75. The molecular weight excluding hydrogens is 270 g/mol. The number of hydrogen-bond acceptors (Lipinski definition) is 1. The number of para-hydroxylation sites is 1. The molecule has 22 heavy (non-hydrogen) atoms. The largest absolute Gasteiger partial charge is 0.326 e. The Morgan fingerprint density at radius 3 is 2.68 bits per heavy atom. The normalized spacial score (nSPS) is 16.6. The van der Waals surface area contributed by atoms with Gasteiger partial charge in [0.05, 0.1) is 0 Å². The second-order valence-corrected chi connectivity index (χ2v) is 6.43. The lowest BCUT2D eigenvalue weighted by atomic mass is 9.97. The summed E-state index contributed by atoms with van der Waals surface area (Å²) < 4.78 is 0. The van der Waals surface area contributed by atoms with Crippen molar-refractivity contribution in [2.75, 3.05) is 5.32 Å². The van der Waals surface area contributed by atoms with E-state index < -0.39 is 0 Å². The van der Waals surface area contributed by atoms with Crippen molar-refractivity contribution in [2.24, 2.45) is 0 Å². The van der Waals surface area contributed by atoms with E-state index in [0.29, 0.717) is 18.3 Å². The Morgan fingerprint density at radius 2 is 1.86 bits per heavy atom. The van der Waals surface area contributed by atoms with E-state index in [1.807, 2.05) is 18.2 Å². The summed E-state index contributed by atoms with van der Waals surface area (Å²) >= 11 is 0. The van der Waals surface area contributed by atoms with Crippen molar-refractivity contribution in [3.05, 3.63) is 65.2 Å². The Balaban J connectivity index is 1.70. The van der Waals surface area contributed by atoms with Gasteiger partial charge in [0.25, 0.3) is 0 Å². The smallest absolute Gasteiger partial charge is 0.224 e. The maximum atomic E-state index is 12.4. The third kappa shape index (κ3) is 3.06. The average Bonchev–Trinajstić information content (AvgIpc) is 2.91. The molecule has 2 aromatic carbocycles. The monoisotopic (exact) mass is 293 g/mol. The molecule has 0 radical (unpaired) electrons. The van der Waals surface area contributed by atoms with Crippen LogP contribution in [0.15, 0.2) is 48.5 Å². The predicted octanol–water partition coefficient (Wildman–Crippen LogP) is 4.87. The van der Waals surface area contributed by atoms with Gasteiger partial charge in [-0.3, -0.25) is 4.79 Å². The van der Waals surface area contributed by atoms with E-state index in [2.05, 4.69) is 49.5 Å². The average molecular weight is 293 g/mol. The molecule has 1 amide bonds. The van der Waals surface area contributed by atoms with Crippen LogP contribution in [0.3, 0.4) is 0 Å². The summed E-state index contributed by atoms with van der Waals surface area (Å²) in [6.45, 7) is 4.30. The summed E-state index contributed by atoms with van der Waals surface area (Å²) in [5.74, 6) is 0.890. The van der Waals surface area contributed by atoms with Gasteiger partial charge in [-0.05, 0) is 47.4 Å². The summed E-state index contributed by atoms with van der Waals surface area (Å²) in [7, 11) is 0. The first-order chi connectivity index (χ1) is 10.6. The van der Waals surface area contributed by atoms with Gasteiger partial charge < -0.3 is 5.32 Å². The fraction of sp³-hybridized carbons (Fsp3) is 0.350. The fourth-order valence-electron chi connectivity index (χ4n) is 3.40. The van der Waals surface area contributed by atoms with Gasteiger partial charge >= 0.3 is 0 Å². The second-order valence-electron chi connectivity index (χ2n) is 6.43. The second kappa shape index (κ2) is 6.35. The topological polar surface area (TPSA) is 29.1 Å². The van der Waals surface area contributed by atoms with E-state index in [9.17, 15) is 4.79 Å². The van der Waals surface area contributed by atoms with Crippen LogP contribution in [0.2, 0.25) is 0 Å². The molecule has 0 saturated heterocycles. The van der Waals surface area contributed by atoms with Crippen molar-refractivity contribution >= 4 is 11.6 Å². The lowest BCUT2D eigenvalue weighted by Crippen LogP contribution is -2.16. The standard InChI is InChI=1S/C20H23NO/c1-14(2)17-8-5-6-10-19(17)21-20(22)13-16-12-11-15-7-3-4-9-18(15)16/h3-10,14,16H,11-13H2,1-2H3,(H,21,22). The lowest BCUT2D eigenvalue weighted by Gasteiger charge is -2.15. The van der Waals surface area contributed by atoms with Crippen LogP contribution in [0.1, 0.15) is 55.2 Å². The molecule has 1 atom stereocenters. The summed E-state index contributed by atoms with van der Waals surface area (Å²) in [4.78, 5) is 12.4. The molecule has 0 heterocycles. The first-order valence-electron chi connectivity index (χ1n) is 8.11. The minimum absolute atomic E-state index is 0.120. The molecule has 1 aliphatic rings. The van der Waals surface area contributed by atoms with Crippen molar-refractivity contribution < 1.29 is 4.79 Å². The number of nitrogens with one attached hydrogen (secondary N) is 1. The fourth-order valence-corrected chi connectivity index (χ4v) is 3.40. The van der Waals surface area contributed by atoms with Gasteiger partial charge in [-0.15, -0.1) is 0 Å². The van der Waals surface area contributed by atoms with Crippen LogP contribution < -0.4 is 5.32 Å². The Hall–Kier alpha value is -2.09. The van der Waals surface area contributed by atoms with Gasteiger partial charge in [0.2, 0.25) is 5.91 Å². The number of anilines is 1. The Kier molecular flexibility index (Phi) is 4.28. The zero-order chi connectivity index (χ0) is 15.5. The predicted molar refractivity (Wildman–Crippen MR) is 91.3 cm³/mol. The van der Waals surface area contributed by atoms with E-state index in [4.69, 9.17) is 0 Å². The van der Waals surface area contributed by atoms with E-state index in [1.54, 1.807) is 0 Å². The molecule has 0 aliphatic heterocycles. The highest BCUT2D eigenvalue weighted by molar-refractivity contribution is 5.92. The van der Waals surface area contributed by atoms with E-state index in [0.717, 1.165) is 18.5 Å². The molecule has 3 rings (SSSR count). The Labute approximate surface area is 132 Å². The number of rotatable bonds is 4. The van der Waals surface area contributed by atoms with Crippen LogP contribution in [0.5, 0.6) is 0 Å². The molecule has 1 unspecified atom stereocenters. The molecule has 2 heteroatoms. The van der Waals surface area contributed by atoms with Gasteiger partial charge in [0, 0.05) is 12.1 Å². The van der Waals surface area contributed by atoms with E-state index in [1.165, 1.54) is 16.7 Å². The molecule has 2 aromatic rings. The van der Waals surface area contributed by atoms with Crippen LogP contribution in [0.4, 0.5) is 5.69 Å². The van der Waals surface area contributed by atoms with Crippen molar-refractivity contribution in [3.8, 4) is 0 Å². The zero-order valence-electron chi connectivity index (χ0n) is 13.3. The molecule has 2 nitrogen and oxygen atoms in total. The number of carbonyl (C=O) groups excluding carboxylic acids is 1. The number of aryl methyl sites for hydroxylation is 1. The van der Waals surface area contributed by atoms with Gasteiger partial charge in [0.1, 0.15) is 0 Å². The molecule has 0 spiro atoms. The first-order valence-corrected chi connectivity index (χ1v) is 8.11. The number of fused-ring (bicyclic) bond motifs is 1. The molecular formula is C20H23NO. The minimum Gasteiger partial charge on any atom is -0.326 e. The molecule has 0 aromatic heterocycles. The van der Waals surface area contributed by atoms with E-state index >= 15 is 0 Å². The molecule has 0 fully saturated rings. The van der Waals surface area contributed by atoms with Crippen molar-refractivity contribution in [3.63, 3.8) is 0 Å². The molecule has 0 bridgehead atoms. The minimum atomic E-state index is 0.120. The molecule has 1 N–H and O–H groups in total. The number of hydrogen-bond donors (Lipinski definition) is 1.